The van der Waals surface area contributed by atoms with Crippen molar-refractivity contribution >= 4 is 33.1 Å². The molecule has 0 aromatic heterocycles. The van der Waals surface area contributed by atoms with Crippen LogP contribution in [-0.2, 0) is 33.7 Å². The summed E-state index contributed by atoms with van der Waals surface area (Å²) in [6.45, 7) is 35.1. The quantitative estimate of drug-likeness (QED) is 0.226. The van der Waals surface area contributed by atoms with E-state index in [2.05, 4.69) is 166 Å². The number of hydrogen-bond acceptors (Lipinski definition) is 2. The summed E-state index contributed by atoms with van der Waals surface area (Å²) in [5, 5.41) is 10.0. The number of allylic oxidation sites excluding steroid dienone is 9. The molecule has 0 aliphatic heterocycles. The second-order valence-corrected chi connectivity index (χ2v) is 29.4. The first kappa shape index (κ1) is 49.8. The van der Waals surface area contributed by atoms with Crippen LogP contribution in [0.3, 0.4) is 0 Å². The first-order valence-corrected chi connectivity index (χ1v) is 26.8. The monoisotopic (exact) mass is 772 g/mol. The van der Waals surface area contributed by atoms with Gasteiger partial charge in [0.25, 0.3) is 0 Å². The SMILES string of the molecule is C=CC=C.C=CC=CC.CC1=C(C)[CH]([Ti]([CH3])([CH3])[NH]C(C)(C)C)c2ccccc21.CC1=C(C)[CH]([Ti]([CH3])([CH3])[NH]C(C)(C)C)c2ccccc21.[SiH4].[SiH4]. The molecule has 0 heterocycles. The van der Waals surface area contributed by atoms with Gasteiger partial charge < -0.3 is 0 Å². The minimum absolute atomic E-state index is 0. The van der Waals surface area contributed by atoms with Crippen molar-refractivity contribution in [1.29, 1.82) is 0 Å². The fourth-order valence-electron chi connectivity index (χ4n) is 7.58. The number of nitrogens with one attached hydrogen (secondary N) is 2. The minimum atomic E-state index is -2.14. The molecule has 2 nitrogen and oxygen atoms in total. The average Bonchev–Trinajstić information content (AvgIpc) is 3.37. The summed E-state index contributed by atoms with van der Waals surface area (Å²) in [6, 6.07) is 17.9. The van der Waals surface area contributed by atoms with Gasteiger partial charge in [-0.3, -0.25) is 0 Å². The van der Waals surface area contributed by atoms with Gasteiger partial charge in [0.2, 0.25) is 0 Å². The molecule has 2 unspecified atom stereocenters. The Labute approximate surface area is 320 Å². The summed E-state index contributed by atoms with van der Waals surface area (Å²) in [5.41, 5.74) is 12.6. The normalized spacial score (nSPS) is 16.7. The number of benzene rings is 2. The van der Waals surface area contributed by atoms with Gasteiger partial charge in [0.1, 0.15) is 0 Å². The molecule has 2 aliphatic carbocycles. The van der Waals surface area contributed by atoms with Gasteiger partial charge >= 0.3 is 244 Å². The Hall–Kier alpha value is -1.34. The maximum absolute atomic E-state index is 3.98. The van der Waals surface area contributed by atoms with Crippen molar-refractivity contribution in [2.75, 3.05) is 0 Å². The van der Waals surface area contributed by atoms with Crippen molar-refractivity contribution in [2.45, 2.75) is 117 Å². The molecular formula is C43H76N2Si2Ti2. The first-order chi connectivity index (χ1) is 21.6. The van der Waals surface area contributed by atoms with E-state index in [0.717, 1.165) is 0 Å². The third kappa shape index (κ3) is 14.7. The van der Waals surface area contributed by atoms with Crippen molar-refractivity contribution in [2.24, 2.45) is 0 Å². The van der Waals surface area contributed by atoms with E-state index in [1.807, 2.05) is 19.1 Å². The van der Waals surface area contributed by atoms with Gasteiger partial charge in [0.05, 0.1) is 0 Å². The zero-order chi connectivity index (χ0) is 36.4. The van der Waals surface area contributed by atoms with Crippen molar-refractivity contribution < 1.29 is 33.7 Å². The Balaban J connectivity index is 0. The van der Waals surface area contributed by atoms with Gasteiger partial charge in [0, 0.05) is 0 Å². The first-order valence-electron chi connectivity index (χ1n) is 17.2. The number of hydrogen-bond donors (Lipinski definition) is 2. The predicted octanol–water partition coefficient (Wildman–Crippen LogP) is 10.4. The van der Waals surface area contributed by atoms with Crippen LogP contribution in [0.1, 0.15) is 107 Å². The molecule has 2 atom stereocenters. The van der Waals surface area contributed by atoms with E-state index < -0.39 is 33.7 Å². The smallest absolute Gasteiger partial charge is 0.0149 e. The van der Waals surface area contributed by atoms with Crippen molar-refractivity contribution in [1.82, 2.24) is 7.60 Å². The van der Waals surface area contributed by atoms with Crippen molar-refractivity contribution in [3.63, 3.8) is 0 Å². The van der Waals surface area contributed by atoms with E-state index in [9.17, 15) is 0 Å². The molecule has 0 amide bonds. The Kier molecular flexibility index (Phi) is 21.6. The third-order valence-electron chi connectivity index (χ3n) is 8.73. The fraction of sp³-hybridized carbons (Fsp3) is 0.442. The molecule has 0 saturated heterocycles. The van der Waals surface area contributed by atoms with E-state index >= 15 is 0 Å². The van der Waals surface area contributed by atoms with Crippen LogP contribution in [0.25, 0.3) is 11.1 Å². The maximum Gasteiger partial charge on any atom is -0.0149 e. The molecule has 2 N–H and O–H groups in total. The van der Waals surface area contributed by atoms with Crippen LogP contribution in [0, 0.1) is 0 Å². The second-order valence-electron chi connectivity index (χ2n) is 16.1. The summed E-state index contributed by atoms with van der Waals surface area (Å²) in [6.07, 6.45) is 8.85. The number of fused-ring (bicyclic) bond motifs is 2. The standard InChI is InChI=1S/2C11H11.C5H8.2C4H10N.C4H6.4CH3.2H4Si.2Ti/c2*1-8-7-10-5-3-4-6-11(10)9(8)2;1-3-5-4-2;2*1-4(2,3)5;1-3-4-2;;;;;;;;/h2*3-7H,1-2H3;3-5H,1H2,2H3;2*5H,1-3H3;3-4H,1-2H2;4*1H3;2*1H4;;/q;;;2*-1;;;;;;;;2*+1. The molecule has 2 aromatic carbocycles. The van der Waals surface area contributed by atoms with Gasteiger partial charge in [-0.2, -0.15) is 0 Å². The molecule has 0 spiro atoms. The molecule has 274 valence electrons. The zero-order valence-electron chi connectivity index (χ0n) is 32.8. The van der Waals surface area contributed by atoms with E-state index in [0.29, 0.717) is 8.45 Å². The molecule has 0 fully saturated rings. The maximum atomic E-state index is 3.98. The molecule has 2 aromatic rings. The van der Waals surface area contributed by atoms with Crippen LogP contribution >= 0.6 is 0 Å². The minimum Gasteiger partial charge on any atom is -0.0149 e. The van der Waals surface area contributed by atoms with E-state index in [1.54, 1.807) is 40.5 Å². The Morgan fingerprint density at radius 3 is 1.10 bits per heavy atom. The molecule has 2 aliphatic rings. The van der Waals surface area contributed by atoms with Crippen LogP contribution in [0.5, 0.6) is 0 Å². The van der Waals surface area contributed by atoms with Crippen LogP contribution in [0.4, 0.5) is 0 Å². The summed E-state index contributed by atoms with van der Waals surface area (Å²) in [7, 11) is 0. The fourth-order valence-corrected chi connectivity index (χ4v) is 21.3. The molecule has 4 rings (SSSR count). The van der Waals surface area contributed by atoms with Gasteiger partial charge in [-0.1, -0.05) is 50.1 Å². The summed E-state index contributed by atoms with van der Waals surface area (Å²) < 4.78 is 9.26. The van der Waals surface area contributed by atoms with Crippen molar-refractivity contribution in [3.8, 4) is 0 Å². The van der Waals surface area contributed by atoms with E-state index in [-0.39, 0.29) is 33.0 Å². The molecule has 0 radical (unpaired) electrons. The number of rotatable bonds is 6. The Morgan fingerprint density at radius 1 is 0.571 bits per heavy atom. The molecular weight excluding hydrogens is 696 g/mol. The second kappa shape index (κ2) is 21.3. The molecule has 6 heteroatoms. The summed E-state index contributed by atoms with van der Waals surface area (Å²) >= 11 is -4.27. The van der Waals surface area contributed by atoms with Gasteiger partial charge in [-0.05, 0) is 28.9 Å². The van der Waals surface area contributed by atoms with Crippen LogP contribution in [0.15, 0.2) is 110 Å². The Bertz CT molecular complexity index is 1360. The van der Waals surface area contributed by atoms with Crippen molar-refractivity contribution in [3.05, 3.63) is 132 Å². The van der Waals surface area contributed by atoms with Crippen LogP contribution in [0.2, 0.25) is 20.9 Å². The topological polar surface area (TPSA) is 24.1 Å². The third-order valence-corrected chi connectivity index (χ3v) is 19.9. The van der Waals surface area contributed by atoms with E-state index in [1.165, 1.54) is 22.3 Å². The summed E-state index contributed by atoms with van der Waals surface area (Å²) in [4.78, 5) is 0. The summed E-state index contributed by atoms with van der Waals surface area (Å²) in [5.74, 6) is 0. The van der Waals surface area contributed by atoms with Crippen LogP contribution < -0.4 is 7.60 Å². The molecule has 49 heavy (non-hydrogen) atoms. The Morgan fingerprint density at radius 2 is 0.878 bits per heavy atom. The van der Waals surface area contributed by atoms with E-state index in [4.69, 9.17) is 0 Å². The molecule has 0 saturated carbocycles. The molecule has 0 bridgehead atoms. The van der Waals surface area contributed by atoms with Gasteiger partial charge in [-0.15, -0.1) is 0 Å². The van der Waals surface area contributed by atoms with Gasteiger partial charge in [-0.25, -0.2) is 0 Å². The largest absolute Gasteiger partial charge is 0.0149 e. The predicted molar refractivity (Wildman–Crippen MR) is 232 cm³/mol. The van der Waals surface area contributed by atoms with Gasteiger partial charge in [0.15, 0.2) is 0 Å². The average molecular weight is 773 g/mol. The van der Waals surface area contributed by atoms with Crippen LogP contribution in [-0.4, -0.2) is 33.0 Å². The zero-order valence-corrected chi connectivity index (χ0v) is 35.9.